The summed E-state index contributed by atoms with van der Waals surface area (Å²) in [5, 5.41) is 0. The first-order valence-electron chi connectivity index (χ1n) is 4.30. The van der Waals surface area contributed by atoms with Crippen molar-refractivity contribution < 1.29 is 0 Å². The molecule has 56 valence electrons. The molecule has 0 aromatic heterocycles. The van der Waals surface area contributed by atoms with E-state index in [2.05, 4.69) is 24.3 Å². The predicted octanol–water partition coefficient (Wildman–Crippen LogP) is 3.45. The van der Waals surface area contributed by atoms with Gasteiger partial charge in [0.2, 0.25) is 0 Å². The summed E-state index contributed by atoms with van der Waals surface area (Å²) in [6.07, 6.45) is 17.0. The molecule has 0 heteroatoms. The van der Waals surface area contributed by atoms with Crippen molar-refractivity contribution in [3.8, 4) is 0 Å². The highest BCUT2D eigenvalue weighted by atomic mass is 13.9. The molecule has 0 aromatic rings. The molecule has 0 spiro atoms. The summed E-state index contributed by atoms with van der Waals surface area (Å²) in [5.74, 6) is 0. The Balaban J connectivity index is 2.23. The molecule has 0 heterocycles. The van der Waals surface area contributed by atoms with Crippen LogP contribution in [0.2, 0.25) is 0 Å². The second-order valence-electron chi connectivity index (χ2n) is 2.80. The fourth-order valence-corrected chi connectivity index (χ4v) is 1.19. The standard InChI is InChI=1S/C10H16/c1-2-4-6-8-10-9-7-5-3-1/h1-2,7,9H,3-6,8,10H2/b2-1+,9-7?. The first-order chi connectivity index (χ1) is 5.00. The van der Waals surface area contributed by atoms with E-state index in [1.165, 1.54) is 38.5 Å². The van der Waals surface area contributed by atoms with Gasteiger partial charge in [-0.3, -0.25) is 0 Å². The summed E-state index contributed by atoms with van der Waals surface area (Å²) < 4.78 is 0. The van der Waals surface area contributed by atoms with Crippen molar-refractivity contribution >= 4 is 0 Å². The molecule has 1 rings (SSSR count). The minimum absolute atomic E-state index is 1.23. The summed E-state index contributed by atoms with van der Waals surface area (Å²) in [4.78, 5) is 0. The van der Waals surface area contributed by atoms with Crippen molar-refractivity contribution in [1.29, 1.82) is 0 Å². The highest BCUT2D eigenvalue weighted by Gasteiger charge is 1.85. The van der Waals surface area contributed by atoms with E-state index in [1.807, 2.05) is 0 Å². The van der Waals surface area contributed by atoms with Gasteiger partial charge in [0.15, 0.2) is 0 Å². The van der Waals surface area contributed by atoms with E-state index >= 15 is 0 Å². The summed E-state index contributed by atoms with van der Waals surface area (Å²) in [7, 11) is 0. The third-order valence-electron chi connectivity index (χ3n) is 1.82. The third kappa shape index (κ3) is 3.49. The average molecular weight is 136 g/mol. The second kappa shape index (κ2) is 5.28. The van der Waals surface area contributed by atoms with Gasteiger partial charge in [0, 0.05) is 0 Å². The smallest absolute Gasteiger partial charge is 0.0316 e. The Hall–Kier alpha value is -0.520. The average Bonchev–Trinajstić information content (AvgIpc) is 2.01. The molecule has 0 unspecified atom stereocenters. The van der Waals surface area contributed by atoms with E-state index in [0.717, 1.165) is 0 Å². The normalized spacial score (nSPS) is 24.0. The van der Waals surface area contributed by atoms with Gasteiger partial charge in [0.1, 0.15) is 0 Å². The van der Waals surface area contributed by atoms with Crippen molar-refractivity contribution in [3.63, 3.8) is 0 Å². The van der Waals surface area contributed by atoms with Crippen LogP contribution >= 0.6 is 0 Å². The molecular weight excluding hydrogens is 120 g/mol. The first kappa shape index (κ1) is 7.59. The van der Waals surface area contributed by atoms with E-state index < -0.39 is 0 Å². The molecule has 1 aliphatic carbocycles. The molecule has 0 bridgehead atoms. The molecule has 0 amide bonds. The van der Waals surface area contributed by atoms with Crippen LogP contribution in [-0.2, 0) is 0 Å². The van der Waals surface area contributed by atoms with Gasteiger partial charge in [-0.05, 0) is 38.5 Å². The number of hydrogen-bond donors (Lipinski definition) is 0. The van der Waals surface area contributed by atoms with E-state index in [1.54, 1.807) is 0 Å². The number of allylic oxidation sites excluding steroid dienone is 4. The van der Waals surface area contributed by atoms with Crippen LogP contribution in [0.3, 0.4) is 0 Å². The number of rotatable bonds is 0. The molecule has 0 nitrogen and oxygen atoms in total. The maximum atomic E-state index is 2.32. The van der Waals surface area contributed by atoms with Gasteiger partial charge in [-0.15, -0.1) is 0 Å². The van der Waals surface area contributed by atoms with Gasteiger partial charge < -0.3 is 0 Å². The predicted molar refractivity (Wildman–Crippen MR) is 46.0 cm³/mol. The lowest BCUT2D eigenvalue weighted by atomic mass is 10.1. The summed E-state index contributed by atoms with van der Waals surface area (Å²) >= 11 is 0. The van der Waals surface area contributed by atoms with Crippen LogP contribution < -0.4 is 0 Å². The molecule has 0 atom stereocenters. The molecule has 10 heavy (non-hydrogen) atoms. The fraction of sp³-hybridized carbons (Fsp3) is 0.600. The van der Waals surface area contributed by atoms with E-state index in [-0.39, 0.29) is 0 Å². The molecule has 0 radical (unpaired) electrons. The lowest BCUT2D eigenvalue weighted by Crippen LogP contribution is -1.75. The lowest BCUT2D eigenvalue weighted by molar-refractivity contribution is 0.754. The zero-order chi connectivity index (χ0) is 7.07. The summed E-state index contributed by atoms with van der Waals surface area (Å²) in [6, 6.07) is 0. The van der Waals surface area contributed by atoms with Crippen molar-refractivity contribution in [2.24, 2.45) is 0 Å². The van der Waals surface area contributed by atoms with Crippen LogP contribution in [0.25, 0.3) is 0 Å². The molecule has 0 N–H and O–H groups in total. The molecule has 0 saturated carbocycles. The molecule has 0 fully saturated rings. The molecule has 1 aliphatic rings. The fourth-order valence-electron chi connectivity index (χ4n) is 1.19. The monoisotopic (exact) mass is 136 g/mol. The van der Waals surface area contributed by atoms with Gasteiger partial charge in [0.25, 0.3) is 0 Å². The van der Waals surface area contributed by atoms with Gasteiger partial charge >= 0.3 is 0 Å². The van der Waals surface area contributed by atoms with Crippen LogP contribution in [0, 0.1) is 0 Å². The van der Waals surface area contributed by atoms with E-state index in [9.17, 15) is 0 Å². The Bertz CT molecular complexity index is 104. The van der Waals surface area contributed by atoms with Gasteiger partial charge in [-0.1, -0.05) is 24.3 Å². The maximum absolute atomic E-state index is 2.32. The van der Waals surface area contributed by atoms with Crippen molar-refractivity contribution in [3.05, 3.63) is 24.3 Å². The van der Waals surface area contributed by atoms with Crippen LogP contribution in [0.1, 0.15) is 38.5 Å². The van der Waals surface area contributed by atoms with Crippen LogP contribution in [-0.4, -0.2) is 0 Å². The number of hydrogen-bond acceptors (Lipinski definition) is 0. The summed E-state index contributed by atoms with van der Waals surface area (Å²) in [6.45, 7) is 0. The highest BCUT2D eigenvalue weighted by molar-refractivity contribution is 4.89. The molecular formula is C10H16. The van der Waals surface area contributed by atoms with Crippen molar-refractivity contribution in [1.82, 2.24) is 0 Å². The minimum atomic E-state index is 1.23. The Morgan fingerprint density at radius 3 is 1.40 bits per heavy atom. The van der Waals surface area contributed by atoms with Crippen LogP contribution in [0.5, 0.6) is 0 Å². The second-order valence-corrected chi connectivity index (χ2v) is 2.80. The van der Waals surface area contributed by atoms with Gasteiger partial charge in [-0.25, -0.2) is 0 Å². The molecule has 0 aromatic carbocycles. The van der Waals surface area contributed by atoms with Crippen LogP contribution in [0.15, 0.2) is 24.3 Å². The first-order valence-corrected chi connectivity index (χ1v) is 4.30. The third-order valence-corrected chi connectivity index (χ3v) is 1.82. The quantitative estimate of drug-likeness (QED) is 0.447. The van der Waals surface area contributed by atoms with Gasteiger partial charge in [0.05, 0.1) is 0 Å². The maximum Gasteiger partial charge on any atom is -0.0316 e. The lowest BCUT2D eigenvalue weighted by Gasteiger charge is -1.95. The summed E-state index contributed by atoms with van der Waals surface area (Å²) in [5.41, 5.74) is 0. The molecule has 0 aliphatic heterocycles. The largest absolute Gasteiger partial charge is 0.0885 e. The zero-order valence-electron chi connectivity index (χ0n) is 6.55. The van der Waals surface area contributed by atoms with Crippen LogP contribution in [0.4, 0.5) is 0 Å². The Morgan fingerprint density at radius 2 is 0.900 bits per heavy atom. The van der Waals surface area contributed by atoms with E-state index in [4.69, 9.17) is 0 Å². The highest BCUT2D eigenvalue weighted by Crippen LogP contribution is 2.05. The SMILES string of the molecule is C1=CCCCC/C=C/CC1. The molecule has 0 saturated heterocycles. The minimum Gasteiger partial charge on any atom is -0.0885 e. The van der Waals surface area contributed by atoms with Crippen molar-refractivity contribution in [2.45, 2.75) is 38.5 Å². The Morgan fingerprint density at radius 1 is 0.500 bits per heavy atom. The van der Waals surface area contributed by atoms with Gasteiger partial charge in [-0.2, -0.15) is 0 Å². The zero-order valence-corrected chi connectivity index (χ0v) is 6.55. The van der Waals surface area contributed by atoms with E-state index in [0.29, 0.717) is 0 Å². The Kier molecular flexibility index (Phi) is 4.00. The van der Waals surface area contributed by atoms with Crippen molar-refractivity contribution in [2.75, 3.05) is 0 Å². The topological polar surface area (TPSA) is 0 Å². The Labute approximate surface area is 63.6 Å².